The monoisotopic (exact) mass is 239 g/mol. The minimum Gasteiger partial charge on any atom is -0.466 e. The highest BCUT2D eigenvalue weighted by molar-refractivity contribution is 6.32. The van der Waals surface area contributed by atoms with E-state index in [1.807, 2.05) is 26.8 Å². The number of rotatable bonds is 2. The lowest BCUT2D eigenvalue weighted by atomic mass is 10.1. The maximum Gasteiger partial charge on any atom is 0.141 e. The molecule has 0 radical (unpaired) electrons. The van der Waals surface area contributed by atoms with Crippen LogP contribution in [-0.4, -0.2) is 9.78 Å². The average molecular weight is 240 g/mol. The SMILES string of the molecule is Cc1cc(C(C)n2ncc(Cl)c2N)c(C)o1. The lowest BCUT2D eigenvalue weighted by molar-refractivity contribution is 0.489. The van der Waals surface area contributed by atoms with E-state index in [4.69, 9.17) is 21.8 Å². The van der Waals surface area contributed by atoms with Crippen LogP contribution in [0, 0.1) is 13.8 Å². The van der Waals surface area contributed by atoms with Crippen molar-refractivity contribution in [2.75, 3.05) is 5.73 Å². The standard InChI is InChI=1S/C11H14ClN3O/c1-6-4-9(8(3)16-6)7(2)15-11(13)10(12)5-14-15/h4-5,7H,13H2,1-3H3. The van der Waals surface area contributed by atoms with Crippen molar-refractivity contribution in [3.05, 3.63) is 34.4 Å². The van der Waals surface area contributed by atoms with Crippen molar-refractivity contribution in [1.82, 2.24) is 9.78 Å². The third-order valence-electron chi connectivity index (χ3n) is 2.68. The van der Waals surface area contributed by atoms with Gasteiger partial charge in [-0.05, 0) is 26.8 Å². The molecule has 1 atom stereocenters. The zero-order chi connectivity index (χ0) is 11.9. The summed E-state index contributed by atoms with van der Waals surface area (Å²) in [5.41, 5.74) is 6.91. The summed E-state index contributed by atoms with van der Waals surface area (Å²) in [5.74, 6) is 2.25. The topological polar surface area (TPSA) is 57.0 Å². The number of halogens is 1. The molecule has 2 aromatic rings. The van der Waals surface area contributed by atoms with Gasteiger partial charge >= 0.3 is 0 Å². The Bertz CT molecular complexity index is 513. The molecule has 0 saturated heterocycles. The first kappa shape index (κ1) is 11.1. The summed E-state index contributed by atoms with van der Waals surface area (Å²) in [7, 11) is 0. The number of aromatic nitrogens is 2. The van der Waals surface area contributed by atoms with Gasteiger partial charge in [-0.1, -0.05) is 11.6 Å². The van der Waals surface area contributed by atoms with Crippen LogP contribution in [-0.2, 0) is 0 Å². The van der Waals surface area contributed by atoms with Crippen LogP contribution in [0.3, 0.4) is 0 Å². The quantitative estimate of drug-likeness (QED) is 0.877. The third kappa shape index (κ3) is 1.69. The van der Waals surface area contributed by atoms with E-state index in [-0.39, 0.29) is 6.04 Å². The Labute approximate surface area is 99.0 Å². The number of nitrogens with two attached hydrogens (primary N) is 1. The first-order chi connectivity index (χ1) is 7.50. The van der Waals surface area contributed by atoms with Gasteiger partial charge in [0, 0.05) is 5.56 Å². The lowest BCUT2D eigenvalue weighted by Crippen LogP contribution is -2.11. The van der Waals surface area contributed by atoms with Gasteiger partial charge in [-0.25, -0.2) is 4.68 Å². The van der Waals surface area contributed by atoms with Crippen LogP contribution in [0.15, 0.2) is 16.7 Å². The molecule has 86 valence electrons. The smallest absolute Gasteiger partial charge is 0.141 e. The first-order valence-corrected chi connectivity index (χ1v) is 5.44. The predicted molar refractivity (Wildman–Crippen MR) is 63.6 cm³/mol. The maximum absolute atomic E-state index is 5.87. The Kier molecular flexibility index (Phi) is 2.68. The fourth-order valence-electron chi connectivity index (χ4n) is 1.86. The van der Waals surface area contributed by atoms with E-state index in [2.05, 4.69) is 5.10 Å². The highest BCUT2D eigenvalue weighted by Crippen LogP contribution is 2.28. The molecule has 0 spiro atoms. The van der Waals surface area contributed by atoms with Gasteiger partial charge in [0.15, 0.2) is 0 Å². The number of nitrogen functional groups attached to an aromatic ring is 1. The van der Waals surface area contributed by atoms with Crippen molar-refractivity contribution in [1.29, 1.82) is 0 Å². The zero-order valence-electron chi connectivity index (χ0n) is 9.49. The molecule has 2 N–H and O–H groups in total. The van der Waals surface area contributed by atoms with Crippen LogP contribution >= 0.6 is 11.6 Å². The summed E-state index contributed by atoms with van der Waals surface area (Å²) in [5, 5.41) is 4.64. The second kappa shape index (κ2) is 3.87. The summed E-state index contributed by atoms with van der Waals surface area (Å²) in [6.45, 7) is 5.86. The Morgan fingerprint density at radius 3 is 2.62 bits per heavy atom. The number of nitrogens with zero attached hydrogens (tertiary/aromatic N) is 2. The summed E-state index contributed by atoms with van der Waals surface area (Å²) < 4.78 is 7.18. The van der Waals surface area contributed by atoms with E-state index in [1.54, 1.807) is 10.9 Å². The van der Waals surface area contributed by atoms with Gasteiger partial charge in [-0.2, -0.15) is 5.10 Å². The minimum absolute atomic E-state index is 0.0185. The van der Waals surface area contributed by atoms with E-state index < -0.39 is 0 Å². The van der Waals surface area contributed by atoms with E-state index in [1.165, 1.54) is 0 Å². The van der Waals surface area contributed by atoms with Crippen LogP contribution in [0.2, 0.25) is 5.02 Å². The molecule has 2 aromatic heterocycles. The molecule has 2 heterocycles. The largest absolute Gasteiger partial charge is 0.466 e. The highest BCUT2D eigenvalue weighted by Gasteiger charge is 2.18. The summed E-state index contributed by atoms with van der Waals surface area (Å²) >= 11 is 5.87. The van der Waals surface area contributed by atoms with Crippen molar-refractivity contribution in [2.24, 2.45) is 0 Å². The highest BCUT2D eigenvalue weighted by atomic mass is 35.5. The molecule has 4 nitrogen and oxygen atoms in total. The predicted octanol–water partition coefficient (Wildman–Crippen LogP) is 2.94. The van der Waals surface area contributed by atoms with Gasteiger partial charge in [-0.3, -0.25) is 0 Å². The summed E-state index contributed by atoms with van der Waals surface area (Å²) in [6.07, 6.45) is 1.55. The van der Waals surface area contributed by atoms with Gasteiger partial charge in [0.05, 0.1) is 12.2 Å². The van der Waals surface area contributed by atoms with Gasteiger partial charge < -0.3 is 10.2 Å². The van der Waals surface area contributed by atoms with Crippen LogP contribution in [0.1, 0.15) is 30.0 Å². The molecule has 1 unspecified atom stereocenters. The van der Waals surface area contributed by atoms with E-state index in [0.29, 0.717) is 10.8 Å². The Morgan fingerprint density at radius 1 is 1.50 bits per heavy atom. The number of aryl methyl sites for hydroxylation is 2. The normalized spacial score (nSPS) is 13.0. The van der Waals surface area contributed by atoms with E-state index >= 15 is 0 Å². The molecule has 0 amide bonds. The van der Waals surface area contributed by atoms with Gasteiger partial charge in [0.2, 0.25) is 0 Å². The van der Waals surface area contributed by atoms with Crippen LogP contribution in [0.4, 0.5) is 5.82 Å². The Morgan fingerprint density at radius 2 is 2.19 bits per heavy atom. The van der Waals surface area contributed by atoms with Gasteiger partial charge in [0.1, 0.15) is 22.4 Å². The summed E-state index contributed by atoms with van der Waals surface area (Å²) in [4.78, 5) is 0. The third-order valence-corrected chi connectivity index (χ3v) is 2.97. The number of hydrogen-bond acceptors (Lipinski definition) is 3. The van der Waals surface area contributed by atoms with Crippen molar-refractivity contribution in [3.63, 3.8) is 0 Å². The fourth-order valence-corrected chi connectivity index (χ4v) is 1.99. The molecule has 0 bridgehead atoms. The molecule has 0 aliphatic heterocycles. The molecule has 0 aliphatic carbocycles. The Hall–Kier alpha value is -1.42. The Balaban J connectivity index is 2.42. The molecule has 0 aromatic carbocycles. The molecule has 5 heteroatoms. The molecule has 0 saturated carbocycles. The second-order valence-electron chi connectivity index (χ2n) is 3.87. The van der Waals surface area contributed by atoms with Crippen molar-refractivity contribution >= 4 is 17.4 Å². The van der Waals surface area contributed by atoms with Crippen LogP contribution in [0.25, 0.3) is 0 Å². The van der Waals surface area contributed by atoms with Gasteiger partial charge in [0.25, 0.3) is 0 Å². The number of anilines is 1. The zero-order valence-corrected chi connectivity index (χ0v) is 10.2. The molecular formula is C11H14ClN3O. The number of hydrogen-bond donors (Lipinski definition) is 1. The first-order valence-electron chi connectivity index (χ1n) is 5.06. The molecular weight excluding hydrogens is 226 g/mol. The van der Waals surface area contributed by atoms with Crippen LogP contribution in [0.5, 0.6) is 0 Å². The van der Waals surface area contributed by atoms with Crippen LogP contribution < -0.4 is 5.73 Å². The second-order valence-corrected chi connectivity index (χ2v) is 4.27. The van der Waals surface area contributed by atoms with Crippen molar-refractivity contribution < 1.29 is 4.42 Å². The summed E-state index contributed by atoms with van der Waals surface area (Å²) in [6, 6.07) is 2.01. The van der Waals surface area contributed by atoms with E-state index in [9.17, 15) is 0 Å². The molecule has 0 fully saturated rings. The molecule has 2 rings (SSSR count). The minimum atomic E-state index is 0.0185. The molecule has 16 heavy (non-hydrogen) atoms. The maximum atomic E-state index is 5.87. The fraction of sp³-hybridized carbons (Fsp3) is 0.364. The van der Waals surface area contributed by atoms with E-state index in [0.717, 1.165) is 17.1 Å². The average Bonchev–Trinajstić information content (AvgIpc) is 2.71. The van der Waals surface area contributed by atoms with Gasteiger partial charge in [-0.15, -0.1) is 0 Å². The van der Waals surface area contributed by atoms with Crippen molar-refractivity contribution in [3.8, 4) is 0 Å². The number of furan rings is 1. The molecule has 0 aliphatic rings. The lowest BCUT2D eigenvalue weighted by Gasteiger charge is -2.12. The van der Waals surface area contributed by atoms with Crippen molar-refractivity contribution in [2.45, 2.75) is 26.8 Å².